The molecule has 1 atom stereocenters. The van der Waals surface area contributed by atoms with Gasteiger partial charge in [0.2, 0.25) is 5.91 Å². The maximum atomic E-state index is 14.0. The number of nitrogens with one attached hydrogen (secondary N) is 1. The minimum atomic E-state index is -0.679. The maximum absolute atomic E-state index is 14.0. The van der Waals surface area contributed by atoms with Gasteiger partial charge in [-0.2, -0.15) is 0 Å². The van der Waals surface area contributed by atoms with Gasteiger partial charge in [0.25, 0.3) is 0 Å². The van der Waals surface area contributed by atoms with Crippen LogP contribution in [-0.4, -0.2) is 11.7 Å². The van der Waals surface area contributed by atoms with Crippen LogP contribution in [0.25, 0.3) is 0 Å². The normalized spacial score (nSPS) is 17.3. The number of fused-ring (bicyclic) bond motifs is 1. The molecule has 0 fully saturated rings. The molecule has 0 saturated heterocycles. The summed E-state index contributed by atoms with van der Waals surface area (Å²) in [5, 5.41) is 3.56. The van der Waals surface area contributed by atoms with Crippen molar-refractivity contribution < 1.29 is 19.1 Å². The predicted molar refractivity (Wildman–Crippen MR) is 169 cm³/mol. The van der Waals surface area contributed by atoms with Crippen molar-refractivity contribution in [2.75, 3.05) is 10.2 Å². The van der Waals surface area contributed by atoms with E-state index in [1.165, 1.54) is 0 Å². The van der Waals surface area contributed by atoms with Gasteiger partial charge in [-0.1, -0.05) is 86.6 Å². The minimum Gasteiger partial charge on any atom is -0.489 e. The highest BCUT2D eigenvalue weighted by Crippen LogP contribution is 2.50. The van der Waals surface area contributed by atoms with Gasteiger partial charge in [-0.05, 0) is 47.2 Å². The van der Waals surface area contributed by atoms with Crippen molar-refractivity contribution >= 4 is 23.1 Å². The molecule has 1 amide bonds. The van der Waals surface area contributed by atoms with E-state index >= 15 is 0 Å². The lowest BCUT2D eigenvalue weighted by atomic mass is 9.73. The number of ether oxygens (including phenoxy) is 2. The Morgan fingerprint density at radius 2 is 1.47 bits per heavy atom. The average Bonchev–Trinajstić information content (AvgIpc) is 3.14. The molecule has 4 aromatic carbocycles. The largest absolute Gasteiger partial charge is 0.489 e. The summed E-state index contributed by atoms with van der Waals surface area (Å²) in [5.41, 5.74) is 5.56. The van der Waals surface area contributed by atoms with Crippen molar-refractivity contribution in [2.24, 2.45) is 5.41 Å². The number of carbonyl (C=O) groups excluding carboxylic acids is 2. The summed E-state index contributed by atoms with van der Waals surface area (Å²) in [6.45, 7) is 6.50. The van der Waals surface area contributed by atoms with Crippen molar-refractivity contribution in [3.63, 3.8) is 0 Å². The number of ketones is 1. The second-order valence-corrected chi connectivity index (χ2v) is 12.0. The number of Topliss-reactive ketones (excluding diaryl/α,β-unsaturated/α-hetero) is 1. The van der Waals surface area contributed by atoms with Gasteiger partial charge in [0.05, 0.1) is 17.4 Å². The molecule has 2 aliphatic rings. The van der Waals surface area contributed by atoms with Crippen LogP contribution in [0.4, 0.5) is 11.4 Å². The lowest BCUT2D eigenvalue weighted by Crippen LogP contribution is -2.38. The SMILES string of the molecule is CC(=O)N1c2ccccc2NC2=C(C(=O)CC(C)(C)C2)C1c1ccc(OCc2ccccc2)cc1OCc1ccccc1. The molecular weight excluding hydrogens is 536 g/mol. The first-order valence-electron chi connectivity index (χ1n) is 14.7. The third-order valence-corrected chi connectivity index (χ3v) is 8.01. The van der Waals surface area contributed by atoms with Crippen molar-refractivity contribution in [2.45, 2.75) is 52.9 Å². The lowest BCUT2D eigenvalue weighted by molar-refractivity contribution is -0.118. The molecule has 6 nitrogen and oxygen atoms in total. The van der Waals surface area contributed by atoms with Crippen LogP contribution < -0.4 is 19.7 Å². The minimum absolute atomic E-state index is 0.0289. The van der Waals surface area contributed by atoms with E-state index in [-0.39, 0.29) is 17.1 Å². The number of benzene rings is 4. The monoisotopic (exact) mass is 572 g/mol. The number of anilines is 2. The molecular formula is C37H36N2O4. The standard InChI is InChI=1S/C37H36N2O4/c1-25(40)39-32-17-11-10-16-30(32)38-31-21-37(2,3)22-33(41)35(31)36(39)29-19-18-28(42-23-26-12-6-4-7-13-26)20-34(29)43-24-27-14-8-5-9-15-27/h4-20,36,38H,21-24H2,1-3H3. The third kappa shape index (κ3) is 6.05. The summed E-state index contributed by atoms with van der Waals surface area (Å²) in [4.78, 5) is 29.3. The Labute approximate surface area is 253 Å². The van der Waals surface area contributed by atoms with Gasteiger partial charge in [0, 0.05) is 36.2 Å². The number of allylic oxidation sites excluding steroid dienone is 1. The molecule has 0 aromatic heterocycles. The Morgan fingerprint density at radius 1 is 0.837 bits per heavy atom. The van der Waals surface area contributed by atoms with E-state index in [4.69, 9.17) is 9.47 Å². The number of para-hydroxylation sites is 2. The Hall–Kier alpha value is -4.84. The van der Waals surface area contributed by atoms with Gasteiger partial charge in [-0.3, -0.25) is 14.5 Å². The van der Waals surface area contributed by atoms with Gasteiger partial charge in [0.1, 0.15) is 24.7 Å². The van der Waals surface area contributed by atoms with E-state index < -0.39 is 6.04 Å². The van der Waals surface area contributed by atoms with Crippen LogP contribution >= 0.6 is 0 Å². The van der Waals surface area contributed by atoms with Crippen LogP contribution in [0.5, 0.6) is 11.5 Å². The summed E-state index contributed by atoms with van der Waals surface area (Å²) >= 11 is 0. The molecule has 1 aliphatic carbocycles. The molecule has 1 N–H and O–H groups in total. The fourth-order valence-corrected chi connectivity index (χ4v) is 6.06. The first kappa shape index (κ1) is 28.3. The molecule has 6 heteroatoms. The molecule has 0 radical (unpaired) electrons. The van der Waals surface area contributed by atoms with E-state index in [1.54, 1.807) is 11.8 Å². The highest BCUT2D eigenvalue weighted by molar-refractivity contribution is 6.06. The van der Waals surface area contributed by atoms with E-state index in [9.17, 15) is 9.59 Å². The average molecular weight is 573 g/mol. The van der Waals surface area contributed by atoms with E-state index in [2.05, 4.69) is 19.2 Å². The molecule has 0 saturated carbocycles. The van der Waals surface area contributed by atoms with Crippen LogP contribution in [0.2, 0.25) is 0 Å². The second kappa shape index (κ2) is 11.8. The number of carbonyl (C=O) groups is 2. The first-order valence-corrected chi connectivity index (χ1v) is 14.7. The van der Waals surface area contributed by atoms with Crippen LogP contribution in [0.15, 0.2) is 114 Å². The zero-order chi connectivity index (χ0) is 30.0. The van der Waals surface area contributed by atoms with Crippen LogP contribution in [0, 0.1) is 5.41 Å². The fourth-order valence-electron chi connectivity index (χ4n) is 6.06. The van der Waals surface area contributed by atoms with Gasteiger partial charge in [0.15, 0.2) is 5.78 Å². The maximum Gasteiger partial charge on any atom is 0.224 e. The Bertz CT molecular complexity index is 1680. The summed E-state index contributed by atoms with van der Waals surface area (Å²) in [5.74, 6) is 1.07. The van der Waals surface area contributed by atoms with Gasteiger partial charge >= 0.3 is 0 Å². The smallest absolute Gasteiger partial charge is 0.224 e. The van der Waals surface area contributed by atoms with Crippen molar-refractivity contribution in [1.29, 1.82) is 0 Å². The van der Waals surface area contributed by atoms with Crippen molar-refractivity contribution in [3.8, 4) is 11.5 Å². The predicted octanol–water partition coefficient (Wildman–Crippen LogP) is 8.01. The number of hydrogen-bond acceptors (Lipinski definition) is 5. The van der Waals surface area contributed by atoms with Crippen LogP contribution in [0.1, 0.15) is 56.3 Å². The van der Waals surface area contributed by atoms with E-state index in [0.29, 0.717) is 43.1 Å². The third-order valence-electron chi connectivity index (χ3n) is 8.01. The van der Waals surface area contributed by atoms with E-state index in [1.807, 2.05) is 103 Å². The molecule has 0 spiro atoms. The van der Waals surface area contributed by atoms with Gasteiger partial charge in [-0.25, -0.2) is 0 Å². The topological polar surface area (TPSA) is 67.9 Å². The van der Waals surface area contributed by atoms with Crippen molar-refractivity contribution in [3.05, 3.63) is 131 Å². The zero-order valence-electron chi connectivity index (χ0n) is 24.8. The Balaban J connectivity index is 1.49. The molecule has 1 heterocycles. The number of nitrogens with zero attached hydrogens (tertiary/aromatic N) is 1. The highest BCUT2D eigenvalue weighted by Gasteiger charge is 2.43. The Morgan fingerprint density at radius 3 is 2.14 bits per heavy atom. The van der Waals surface area contributed by atoms with Gasteiger partial charge in [-0.15, -0.1) is 0 Å². The van der Waals surface area contributed by atoms with E-state index in [0.717, 1.165) is 33.8 Å². The number of rotatable bonds is 7. The van der Waals surface area contributed by atoms with Crippen LogP contribution in [-0.2, 0) is 22.8 Å². The molecule has 1 unspecified atom stereocenters. The summed E-state index contributed by atoms with van der Waals surface area (Å²) in [6.07, 6.45) is 1.08. The van der Waals surface area contributed by atoms with Gasteiger partial charge < -0.3 is 14.8 Å². The summed E-state index contributed by atoms with van der Waals surface area (Å²) in [6, 6.07) is 32.7. The number of amides is 1. The molecule has 4 aromatic rings. The van der Waals surface area contributed by atoms with Crippen LogP contribution in [0.3, 0.4) is 0 Å². The summed E-state index contributed by atoms with van der Waals surface area (Å²) < 4.78 is 12.7. The number of hydrogen-bond donors (Lipinski definition) is 1. The molecule has 0 bridgehead atoms. The molecule has 6 rings (SSSR count). The molecule has 218 valence electrons. The molecule has 1 aliphatic heterocycles. The zero-order valence-corrected chi connectivity index (χ0v) is 24.8. The Kier molecular flexibility index (Phi) is 7.76. The molecule has 43 heavy (non-hydrogen) atoms. The lowest BCUT2D eigenvalue weighted by Gasteiger charge is -2.37. The summed E-state index contributed by atoms with van der Waals surface area (Å²) in [7, 11) is 0. The fraction of sp³-hybridized carbons (Fsp3) is 0.243. The van der Waals surface area contributed by atoms with Crippen molar-refractivity contribution in [1.82, 2.24) is 0 Å². The highest BCUT2D eigenvalue weighted by atomic mass is 16.5. The first-order chi connectivity index (χ1) is 20.8. The quantitative estimate of drug-likeness (QED) is 0.243. The second-order valence-electron chi connectivity index (χ2n) is 12.0.